The number of methoxy groups -OCH3 is 1. The number of thiophene rings is 1. The molecule has 1 aliphatic rings. The molecule has 0 atom stereocenters. The second-order valence-corrected chi connectivity index (χ2v) is 10.5. The molecule has 2 aromatic heterocycles. The minimum Gasteiger partial charge on any atom is -0.497 e. The molecular formula is C26H28N4O2S2. The SMILES string of the molecule is COc1ccc(N(Cc2cccs2)C(=O)CN2CCN(Cc3nc4ccccc4s3)CC2)cc1. The number of piperazine rings is 1. The first-order chi connectivity index (χ1) is 16.7. The summed E-state index contributed by atoms with van der Waals surface area (Å²) in [6.07, 6.45) is 0. The van der Waals surface area contributed by atoms with Crippen LogP contribution in [0.5, 0.6) is 5.75 Å². The average Bonchev–Trinajstić information content (AvgIpc) is 3.53. The third-order valence-electron chi connectivity index (χ3n) is 6.10. The van der Waals surface area contributed by atoms with Crippen molar-refractivity contribution in [3.05, 3.63) is 75.9 Å². The Labute approximate surface area is 208 Å². The van der Waals surface area contributed by atoms with Gasteiger partial charge in [0.05, 0.1) is 37.0 Å². The fraction of sp³-hybridized carbons (Fsp3) is 0.308. The number of hydrogen-bond acceptors (Lipinski definition) is 7. The Morgan fingerprint density at radius 2 is 1.76 bits per heavy atom. The summed E-state index contributed by atoms with van der Waals surface area (Å²) in [4.78, 5) is 25.9. The smallest absolute Gasteiger partial charge is 0.241 e. The van der Waals surface area contributed by atoms with Gasteiger partial charge in [-0.3, -0.25) is 14.6 Å². The van der Waals surface area contributed by atoms with Gasteiger partial charge in [0.1, 0.15) is 10.8 Å². The summed E-state index contributed by atoms with van der Waals surface area (Å²) in [5, 5.41) is 3.21. The maximum absolute atomic E-state index is 13.4. The van der Waals surface area contributed by atoms with E-state index in [1.807, 2.05) is 41.3 Å². The number of rotatable bonds is 8. The van der Waals surface area contributed by atoms with E-state index in [2.05, 4.69) is 39.4 Å². The van der Waals surface area contributed by atoms with Crippen molar-refractivity contribution in [2.75, 3.05) is 44.7 Å². The molecule has 0 aliphatic carbocycles. The quantitative estimate of drug-likeness (QED) is 0.356. The van der Waals surface area contributed by atoms with Gasteiger partial charge in [-0.2, -0.15) is 0 Å². The zero-order valence-corrected chi connectivity index (χ0v) is 20.9. The number of carbonyl (C=O) groups excluding carboxylic acids is 1. The number of para-hydroxylation sites is 1. The number of carbonyl (C=O) groups is 1. The van der Waals surface area contributed by atoms with Crippen LogP contribution in [0.25, 0.3) is 10.2 Å². The van der Waals surface area contributed by atoms with Crippen molar-refractivity contribution >= 4 is 44.5 Å². The lowest BCUT2D eigenvalue weighted by atomic mass is 10.2. The van der Waals surface area contributed by atoms with Crippen LogP contribution in [0.2, 0.25) is 0 Å². The third-order valence-corrected chi connectivity index (χ3v) is 7.98. The van der Waals surface area contributed by atoms with Crippen LogP contribution in [0, 0.1) is 0 Å². The fourth-order valence-corrected chi connectivity index (χ4v) is 5.91. The van der Waals surface area contributed by atoms with E-state index in [9.17, 15) is 4.79 Å². The molecular weight excluding hydrogens is 464 g/mol. The lowest BCUT2D eigenvalue weighted by Gasteiger charge is -2.35. The van der Waals surface area contributed by atoms with Gasteiger partial charge in [-0.05, 0) is 47.8 Å². The molecule has 8 heteroatoms. The maximum Gasteiger partial charge on any atom is 0.241 e. The molecule has 34 heavy (non-hydrogen) atoms. The monoisotopic (exact) mass is 492 g/mol. The van der Waals surface area contributed by atoms with Gasteiger partial charge in [-0.25, -0.2) is 4.98 Å². The standard InChI is InChI=1S/C26H28N4O2S2/c1-32-21-10-8-20(9-11-21)30(17-22-5-4-16-33-22)26(31)19-29-14-12-28(13-15-29)18-25-27-23-6-2-3-7-24(23)34-25/h2-11,16H,12-15,17-19H2,1H3. The van der Waals surface area contributed by atoms with E-state index in [0.29, 0.717) is 13.1 Å². The van der Waals surface area contributed by atoms with Gasteiger partial charge < -0.3 is 9.64 Å². The van der Waals surface area contributed by atoms with E-state index in [4.69, 9.17) is 9.72 Å². The van der Waals surface area contributed by atoms with Gasteiger partial charge in [-0.1, -0.05) is 18.2 Å². The summed E-state index contributed by atoms with van der Waals surface area (Å²) < 4.78 is 6.53. The van der Waals surface area contributed by atoms with Crippen LogP contribution in [0.4, 0.5) is 5.69 Å². The summed E-state index contributed by atoms with van der Waals surface area (Å²) in [5.74, 6) is 0.912. The van der Waals surface area contributed by atoms with Crippen LogP contribution in [0.15, 0.2) is 66.0 Å². The van der Waals surface area contributed by atoms with Crippen molar-refractivity contribution < 1.29 is 9.53 Å². The number of amides is 1. The van der Waals surface area contributed by atoms with Crippen LogP contribution in [0.3, 0.4) is 0 Å². The van der Waals surface area contributed by atoms with E-state index in [1.54, 1.807) is 29.8 Å². The highest BCUT2D eigenvalue weighted by atomic mass is 32.1. The van der Waals surface area contributed by atoms with Gasteiger partial charge in [0, 0.05) is 36.7 Å². The van der Waals surface area contributed by atoms with Crippen molar-refractivity contribution in [2.45, 2.75) is 13.1 Å². The van der Waals surface area contributed by atoms with Gasteiger partial charge in [-0.15, -0.1) is 22.7 Å². The van der Waals surface area contributed by atoms with E-state index >= 15 is 0 Å². The number of anilines is 1. The Balaban J connectivity index is 1.19. The Morgan fingerprint density at radius 3 is 2.47 bits per heavy atom. The lowest BCUT2D eigenvalue weighted by molar-refractivity contribution is -0.120. The largest absolute Gasteiger partial charge is 0.497 e. The Morgan fingerprint density at radius 1 is 1.00 bits per heavy atom. The molecule has 1 aliphatic heterocycles. The molecule has 176 valence electrons. The van der Waals surface area contributed by atoms with Gasteiger partial charge in [0.15, 0.2) is 0 Å². The van der Waals surface area contributed by atoms with Crippen molar-refractivity contribution in [3.8, 4) is 5.75 Å². The highest BCUT2D eigenvalue weighted by molar-refractivity contribution is 7.18. The lowest BCUT2D eigenvalue weighted by Crippen LogP contribution is -2.49. The molecule has 1 amide bonds. The van der Waals surface area contributed by atoms with Crippen LogP contribution >= 0.6 is 22.7 Å². The number of hydrogen-bond donors (Lipinski definition) is 0. The Hall–Kier alpha value is -2.78. The molecule has 5 rings (SSSR count). The van der Waals surface area contributed by atoms with Gasteiger partial charge in [0.25, 0.3) is 0 Å². The minimum absolute atomic E-state index is 0.123. The minimum atomic E-state index is 0.123. The van der Waals surface area contributed by atoms with Crippen molar-refractivity contribution in [1.29, 1.82) is 0 Å². The molecule has 0 unspecified atom stereocenters. The van der Waals surface area contributed by atoms with E-state index < -0.39 is 0 Å². The molecule has 0 bridgehead atoms. The van der Waals surface area contributed by atoms with E-state index in [-0.39, 0.29) is 5.91 Å². The first kappa shape index (κ1) is 23.0. The number of ether oxygens (including phenoxy) is 1. The highest BCUT2D eigenvalue weighted by Crippen LogP contribution is 2.25. The molecule has 0 N–H and O–H groups in total. The summed E-state index contributed by atoms with van der Waals surface area (Å²) in [5.41, 5.74) is 1.98. The van der Waals surface area contributed by atoms with Crippen LogP contribution < -0.4 is 9.64 Å². The third kappa shape index (κ3) is 5.47. The number of fused-ring (bicyclic) bond motifs is 1. The summed E-state index contributed by atoms with van der Waals surface area (Å²) in [6.45, 7) is 5.52. The molecule has 0 saturated carbocycles. The van der Waals surface area contributed by atoms with Crippen LogP contribution in [0.1, 0.15) is 9.88 Å². The molecule has 1 saturated heterocycles. The Bertz CT molecular complexity index is 1180. The predicted octanol–water partition coefficient (Wildman–Crippen LogP) is 4.72. The first-order valence-corrected chi connectivity index (χ1v) is 13.1. The molecule has 6 nitrogen and oxygen atoms in total. The second-order valence-electron chi connectivity index (χ2n) is 8.38. The Kier molecular flexibility index (Phi) is 7.20. The summed E-state index contributed by atoms with van der Waals surface area (Å²) in [7, 11) is 1.65. The van der Waals surface area contributed by atoms with Crippen LogP contribution in [-0.2, 0) is 17.9 Å². The first-order valence-electron chi connectivity index (χ1n) is 11.4. The zero-order valence-electron chi connectivity index (χ0n) is 19.2. The van der Waals surface area contributed by atoms with Crippen molar-refractivity contribution in [1.82, 2.24) is 14.8 Å². The van der Waals surface area contributed by atoms with Gasteiger partial charge >= 0.3 is 0 Å². The molecule has 0 radical (unpaired) electrons. The number of thiazole rings is 1. The molecule has 4 aromatic rings. The normalized spacial score (nSPS) is 15.0. The van der Waals surface area contributed by atoms with Gasteiger partial charge in [0.2, 0.25) is 5.91 Å². The van der Waals surface area contributed by atoms with E-state index in [1.165, 1.54) is 9.58 Å². The van der Waals surface area contributed by atoms with E-state index in [0.717, 1.165) is 54.7 Å². The van der Waals surface area contributed by atoms with Crippen molar-refractivity contribution in [2.24, 2.45) is 0 Å². The van der Waals surface area contributed by atoms with Crippen molar-refractivity contribution in [3.63, 3.8) is 0 Å². The summed E-state index contributed by atoms with van der Waals surface area (Å²) in [6, 6.07) is 20.1. The molecule has 0 spiro atoms. The molecule has 1 fully saturated rings. The molecule has 3 heterocycles. The maximum atomic E-state index is 13.4. The topological polar surface area (TPSA) is 48.9 Å². The summed E-state index contributed by atoms with van der Waals surface area (Å²) >= 11 is 3.45. The average molecular weight is 493 g/mol. The number of nitrogens with zero attached hydrogens (tertiary/aromatic N) is 4. The molecule has 2 aromatic carbocycles. The highest BCUT2D eigenvalue weighted by Gasteiger charge is 2.24. The number of benzene rings is 2. The predicted molar refractivity (Wildman–Crippen MR) is 140 cm³/mol. The fourth-order valence-electron chi connectivity index (χ4n) is 4.21. The number of aromatic nitrogens is 1. The second kappa shape index (κ2) is 10.7. The zero-order chi connectivity index (χ0) is 23.3. The van der Waals surface area contributed by atoms with Crippen LogP contribution in [-0.4, -0.2) is 60.5 Å².